The molecule has 3 aliphatic rings. The molecule has 0 saturated heterocycles. The van der Waals surface area contributed by atoms with E-state index in [0.717, 1.165) is 24.8 Å². The van der Waals surface area contributed by atoms with Crippen LogP contribution in [0.4, 0.5) is 4.39 Å². The van der Waals surface area contributed by atoms with Crippen LogP contribution in [-0.2, 0) is 0 Å². The van der Waals surface area contributed by atoms with E-state index >= 15 is 0 Å². The van der Waals surface area contributed by atoms with Crippen LogP contribution in [0.15, 0.2) is 59.3 Å². The number of hydrogen-bond acceptors (Lipinski definition) is 2. The van der Waals surface area contributed by atoms with E-state index in [0.29, 0.717) is 23.8 Å². The van der Waals surface area contributed by atoms with Crippen molar-refractivity contribution in [3.8, 4) is 0 Å². The summed E-state index contributed by atoms with van der Waals surface area (Å²) in [6.07, 6.45) is 15.1. The first kappa shape index (κ1) is 23.2. The average Bonchev–Trinajstić information content (AvgIpc) is 3.00. The second kappa shape index (κ2) is 8.96. The third-order valence-corrected chi connectivity index (χ3v) is 7.38. The molecule has 2 N–H and O–H groups in total. The maximum atomic E-state index is 14.1. The van der Waals surface area contributed by atoms with E-state index in [9.17, 15) is 14.6 Å². The molecular weight excluding hydrogens is 375 g/mol. The topological polar surface area (TPSA) is 40.5 Å². The van der Waals surface area contributed by atoms with Gasteiger partial charge in [-0.05, 0) is 80.8 Å². The van der Waals surface area contributed by atoms with Gasteiger partial charge in [0.2, 0.25) is 0 Å². The lowest BCUT2D eigenvalue weighted by Gasteiger charge is -2.42. The van der Waals surface area contributed by atoms with Crippen LogP contribution in [-0.4, -0.2) is 28.1 Å². The fourth-order valence-corrected chi connectivity index (χ4v) is 5.74. The van der Waals surface area contributed by atoms with Gasteiger partial charge in [-0.3, -0.25) is 0 Å². The minimum atomic E-state index is -1.13. The van der Waals surface area contributed by atoms with Crippen LogP contribution in [0, 0.1) is 17.3 Å². The molecule has 0 aromatic heterocycles. The predicted molar refractivity (Wildman–Crippen MR) is 123 cm³/mol. The Hall–Kier alpha value is -1.45. The molecule has 3 rings (SSSR count). The first-order chi connectivity index (χ1) is 14.0. The molecule has 3 aliphatic carbocycles. The summed E-state index contributed by atoms with van der Waals surface area (Å²) in [4.78, 5) is 0. The third-order valence-electron chi connectivity index (χ3n) is 7.38. The van der Waals surface area contributed by atoms with Crippen molar-refractivity contribution in [1.82, 2.24) is 0 Å². The maximum absolute atomic E-state index is 14.1. The van der Waals surface area contributed by atoms with Crippen LogP contribution < -0.4 is 0 Å². The van der Waals surface area contributed by atoms with Gasteiger partial charge in [-0.15, -0.1) is 0 Å². The molecule has 30 heavy (non-hydrogen) atoms. The van der Waals surface area contributed by atoms with Crippen LogP contribution in [0.2, 0.25) is 0 Å². The molecule has 5 unspecified atom stereocenters. The lowest BCUT2D eigenvalue weighted by atomic mass is 9.62. The normalized spacial score (nSPS) is 36.4. The van der Waals surface area contributed by atoms with E-state index in [-0.39, 0.29) is 11.8 Å². The zero-order chi connectivity index (χ0) is 22.1. The van der Waals surface area contributed by atoms with Crippen molar-refractivity contribution in [3.05, 3.63) is 59.3 Å². The summed E-state index contributed by atoms with van der Waals surface area (Å²) in [6.45, 7) is 12.2. The van der Waals surface area contributed by atoms with E-state index in [1.165, 1.54) is 18.4 Å². The van der Waals surface area contributed by atoms with Crippen molar-refractivity contribution >= 4 is 0 Å². The molecule has 5 atom stereocenters. The van der Waals surface area contributed by atoms with Crippen molar-refractivity contribution in [2.75, 3.05) is 0 Å². The van der Waals surface area contributed by atoms with Gasteiger partial charge in [0, 0.05) is 6.42 Å². The van der Waals surface area contributed by atoms with Crippen LogP contribution >= 0.6 is 0 Å². The molecule has 0 bridgehead atoms. The number of rotatable bonds is 5. The largest absolute Gasteiger partial charge is 0.393 e. The highest BCUT2D eigenvalue weighted by Gasteiger charge is 2.45. The lowest BCUT2D eigenvalue weighted by Crippen LogP contribution is -2.32. The first-order valence-electron chi connectivity index (χ1n) is 11.5. The van der Waals surface area contributed by atoms with E-state index < -0.39 is 17.9 Å². The number of halogens is 1. The quantitative estimate of drug-likeness (QED) is 0.513. The highest BCUT2D eigenvalue weighted by molar-refractivity contribution is 5.40. The van der Waals surface area contributed by atoms with Gasteiger partial charge >= 0.3 is 0 Å². The van der Waals surface area contributed by atoms with E-state index in [1.807, 2.05) is 12.2 Å². The molecule has 3 heteroatoms. The Bertz CT molecular complexity index is 779. The lowest BCUT2D eigenvalue weighted by molar-refractivity contribution is 0.124. The highest BCUT2D eigenvalue weighted by Crippen LogP contribution is 2.57. The van der Waals surface area contributed by atoms with E-state index in [4.69, 9.17) is 0 Å². The Labute approximate surface area is 182 Å². The summed E-state index contributed by atoms with van der Waals surface area (Å²) in [5, 5.41) is 19.9. The summed E-state index contributed by atoms with van der Waals surface area (Å²) in [5.41, 5.74) is 3.80. The molecule has 166 valence electrons. The number of hydrogen-bond donors (Lipinski definition) is 2. The van der Waals surface area contributed by atoms with Crippen LogP contribution in [0.1, 0.15) is 72.6 Å². The fourth-order valence-electron chi connectivity index (χ4n) is 5.74. The van der Waals surface area contributed by atoms with Gasteiger partial charge in [-0.2, -0.15) is 0 Å². The molecule has 2 saturated carbocycles. The molecule has 0 amide bonds. The Morgan fingerprint density at radius 3 is 2.80 bits per heavy atom. The number of aliphatic hydroxyl groups excluding tert-OH is 1. The van der Waals surface area contributed by atoms with E-state index in [2.05, 4.69) is 38.7 Å². The second-order valence-corrected chi connectivity index (χ2v) is 10.4. The van der Waals surface area contributed by atoms with Gasteiger partial charge in [-0.25, -0.2) is 4.39 Å². The Kier molecular flexibility index (Phi) is 6.94. The van der Waals surface area contributed by atoms with E-state index in [1.54, 1.807) is 19.4 Å². The summed E-state index contributed by atoms with van der Waals surface area (Å²) in [5.74, 6) is 0.957. The monoisotopic (exact) mass is 414 g/mol. The van der Waals surface area contributed by atoms with Crippen molar-refractivity contribution in [2.45, 2.75) is 90.5 Å². The summed E-state index contributed by atoms with van der Waals surface area (Å²) in [6, 6.07) is 0. The predicted octanol–water partition coefficient (Wildman–Crippen LogP) is 6.38. The number of alkyl halides is 1. The minimum Gasteiger partial charge on any atom is -0.393 e. The second-order valence-electron chi connectivity index (χ2n) is 10.4. The molecule has 0 heterocycles. The van der Waals surface area contributed by atoms with Crippen molar-refractivity contribution in [2.24, 2.45) is 17.3 Å². The highest BCUT2D eigenvalue weighted by atomic mass is 19.1. The molecule has 2 fully saturated rings. The van der Waals surface area contributed by atoms with Gasteiger partial charge in [0.05, 0.1) is 11.7 Å². The Balaban J connectivity index is 1.75. The summed E-state index contributed by atoms with van der Waals surface area (Å²) >= 11 is 0. The van der Waals surface area contributed by atoms with Crippen molar-refractivity contribution < 1.29 is 14.6 Å². The van der Waals surface area contributed by atoms with Crippen molar-refractivity contribution in [3.63, 3.8) is 0 Å². The smallest absolute Gasteiger partial charge is 0.127 e. The summed E-state index contributed by atoms with van der Waals surface area (Å²) in [7, 11) is 0. The van der Waals surface area contributed by atoms with Gasteiger partial charge in [-0.1, -0.05) is 62.0 Å². The Morgan fingerprint density at radius 1 is 1.37 bits per heavy atom. The molecular formula is C27H39FO2. The standard InChI is InChI=1S/C27H39FO2/c1-18(8-6-14-26(3,4)30)23-12-13-24-20(9-7-15-27(23,24)5)10-11-21-16-22(29)17-25(28)19(21)2/h6,10-12,14,18,22,24-25,29-30H,2,7-9,13,15-17H2,1,3-5H3. The fraction of sp³-hybridized carbons (Fsp3) is 0.630. The zero-order valence-electron chi connectivity index (χ0n) is 19.1. The summed E-state index contributed by atoms with van der Waals surface area (Å²) < 4.78 is 14.1. The van der Waals surface area contributed by atoms with Crippen LogP contribution in [0.25, 0.3) is 0 Å². The van der Waals surface area contributed by atoms with Gasteiger partial charge < -0.3 is 10.2 Å². The molecule has 0 aromatic carbocycles. The maximum Gasteiger partial charge on any atom is 0.127 e. The van der Waals surface area contributed by atoms with Gasteiger partial charge in [0.1, 0.15) is 6.17 Å². The molecule has 0 spiro atoms. The Morgan fingerprint density at radius 2 is 2.10 bits per heavy atom. The van der Waals surface area contributed by atoms with Crippen LogP contribution in [0.5, 0.6) is 0 Å². The molecule has 0 aromatic rings. The average molecular weight is 415 g/mol. The van der Waals surface area contributed by atoms with Gasteiger partial charge in [0.25, 0.3) is 0 Å². The first-order valence-corrected chi connectivity index (χ1v) is 11.5. The minimum absolute atomic E-state index is 0.167. The van der Waals surface area contributed by atoms with Crippen LogP contribution in [0.3, 0.4) is 0 Å². The molecule has 0 aliphatic heterocycles. The van der Waals surface area contributed by atoms with Crippen molar-refractivity contribution in [1.29, 1.82) is 0 Å². The third kappa shape index (κ3) is 5.06. The SMILES string of the molecule is C=C1C(=CC=C2CCCC3(C)C(C(C)CC=CC(C)(C)O)=CCC23)CC(O)CC1F. The number of allylic oxidation sites excluding steroid dienone is 7. The number of aliphatic hydroxyl groups is 2. The molecule has 0 radical (unpaired) electrons. The molecule has 2 nitrogen and oxygen atoms in total. The number of fused-ring (bicyclic) bond motifs is 1. The zero-order valence-corrected chi connectivity index (χ0v) is 19.1. The van der Waals surface area contributed by atoms with Gasteiger partial charge in [0.15, 0.2) is 0 Å².